The number of nitrogens with zero attached hydrogens (tertiary/aromatic N) is 1. The average Bonchev–Trinajstić information content (AvgIpc) is 2.19. The maximum Gasteiger partial charge on any atom is 0.233 e. The number of nitrogens with one attached hydrogen (secondary N) is 2. The van der Waals surface area contributed by atoms with Gasteiger partial charge >= 0.3 is 0 Å². The third-order valence-electron chi connectivity index (χ3n) is 2.21. The van der Waals surface area contributed by atoms with E-state index in [0.29, 0.717) is 6.54 Å². The highest BCUT2D eigenvalue weighted by Gasteiger charge is 2.00. The fraction of sp³-hybridized carbons (Fsp3) is 0.900. The van der Waals surface area contributed by atoms with Crippen LogP contribution in [0.3, 0.4) is 0 Å². The van der Waals surface area contributed by atoms with Crippen molar-refractivity contribution in [2.45, 2.75) is 20.3 Å². The molecule has 2 N–H and O–H groups in total. The van der Waals surface area contributed by atoms with Crippen LogP contribution in [0, 0.1) is 0 Å². The van der Waals surface area contributed by atoms with E-state index in [0.717, 1.165) is 32.6 Å². The molecule has 0 rings (SSSR count). The second-order valence-electron chi connectivity index (χ2n) is 3.26. The Hall–Kier alpha value is -0.610. The minimum Gasteiger partial charge on any atom is -0.355 e. The van der Waals surface area contributed by atoms with Crippen molar-refractivity contribution in [3.63, 3.8) is 0 Å². The predicted octanol–water partition coefficient (Wildman–Crippen LogP) is 0.0539. The number of amides is 1. The zero-order valence-corrected chi connectivity index (χ0v) is 9.60. The molecular weight excluding hydrogens is 178 g/mol. The molecule has 0 bridgehead atoms. The molecule has 0 unspecified atom stereocenters. The van der Waals surface area contributed by atoms with Crippen LogP contribution in [-0.4, -0.2) is 50.6 Å². The van der Waals surface area contributed by atoms with Gasteiger partial charge in [0.05, 0.1) is 6.54 Å². The van der Waals surface area contributed by atoms with Gasteiger partial charge in [-0.15, -0.1) is 0 Å². The number of carbonyl (C=O) groups is 1. The van der Waals surface area contributed by atoms with Crippen LogP contribution >= 0.6 is 0 Å². The summed E-state index contributed by atoms with van der Waals surface area (Å²) in [6, 6.07) is 0. The van der Waals surface area contributed by atoms with Crippen LogP contribution in [0.2, 0.25) is 0 Å². The Kier molecular flexibility index (Phi) is 8.57. The summed E-state index contributed by atoms with van der Waals surface area (Å²) in [6.45, 7) is 8.73. The van der Waals surface area contributed by atoms with E-state index in [-0.39, 0.29) is 5.91 Å². The molecule has 0 aliphatic carbocycles. The molecular formula is C10H23N3O. The summed E-state index contributed by atoms with van der Waals surface area (Å²) in [4.78, 5) is 13.4. The molecule has 0 spiro atoms. The van der Waals surface area contributed by atoms with E-state index in [9.17, 15) is 4.79 Å². The predicted molar refractivity (Wildman–Crippen MR) is 59.3 cm³/mol. The second kappa shape index (κ2) is 8.97. The normalized spacial score (nSPS) is 10.6. The number of likely N-dealkylation sites (N-methyl/N-ethyl adjacent to an activating group) is 1. The molecule has 0 saturated carbocycles. The summed E-state index contributed by atoms with van der Waals surface area (Å²) >= 11 is 0. The lowest BCUT2D eigenvalue weighted by molar-refractivity contribution is -0.120. The van der Waals surface area contributed by atoms with E-state index in [4.69, 9.17) is 0 Å². The molecule has 0 aromatic carbocycles. The summed E-state index contributed by atoms with van der Waals surface area (Å²) in [5.41, 5.74) is 0. The summed E-state index contributed by atoms with van der Waals surface area (Å²) in [5, 5.41) is 5.68. The maximum absolute atomic E-state index is 11.0. The van der Waals surface area contributed by atoms with Gasteiger partial charge in [-0.05, 0) is 33.1 Å². The van der Waals surface area contributed by atoms with Crippen LogP contribution in [0.1, 0.15) is 20.3 Å². The number of rotatable bonds is 8. The van der Waals surface area contributed by atoms with Gasteiger partial charge in [0.25, 0.3) is 0 Å². The molecule has 14 heavy (non-hydrogen) atoms. The lowest BCUT2D eigenvalue weighted by atomic mass is 10.3. The molecule has 4 heteroatoms. The van der Waals surface area contributed by atoms with Crippen molar-refractivity contribution in [1.82, 2.24) is 15.5 Å². The molecule has 1 amide bonds. The molecule has 0 aliphatic rings. The number of carbonyl (C=O) groups excluding carboxylic acids is 1. The molecule has 0 atom stereocenters. The SMILES string of the molecule is CCN(CC)CCCNC(=O)CNC. The van der Waals surface area contributed by atoms with Crippen molar-refractivity contribution in [2.24, 2.45) is 0 Å². The van der Waals surface area contributed by atoms with Crippen molar-refractivity contribution in [3.05, 3.63) is 0 Å². The van der Waals surface area contributed by atoms with Crippen LogP contribution in [0.5, 0.6) is 0 Å². The van der Waals surface area contributed by atoms with Gasteiger partial charge in [0.2, 0.25) is 5.91 Å². The van der Waals surface area contributed by atoms with Crippen molar-refractivity contribution in [2.75, 3.05) is 39.8 Å². The van der Waals surface area contributed by atoms with Crippen molar-refractivity contribution < 1.29 is 4.79 Å². The zero-order chi connectivity index (χ0) is 10.8. The Morgan fingerprint density at radius 2 is 1.93 bits per heavy atom. The summed E-state index contributed by atoms with van der Waals surface area (Å²) in [5.74, 6) is 0.0760. The first-order chi connectivity index (χ1) is 6.74. The molecule has 0 aliphatic heterocycles. The minimum absolute atomic E-state index is 0.0760. The highest BCUT2D eigenvalue weighted by atomic mass is 16.1. The summed E-state index contributed by atoms with van der Waals surface area (Å²) in [7, 11) is 1.77. The number of hydrogen-bond donors (Lipinski definition) is 2. The van der Waals surface area contributed by atoms with Crippen LogP contribution in [0.15, 0.2) is 0 Å². The van der Waals surface area contributed by atoms with Gasteiger partial charge in [0.1, 0.15) is 0 Å². The molecule has 0 aromatic rings. The van der Waals surface area contributed by atoms with Crippen LogP contribution < -0.4 is 10.6 Å². The Morgan fingerprint density at radius 3 is 2.43 bits per heavy atom. The Bertz CT molecular complexity index is 146. The Balaban J connectivity index is 3.32. The van der Waals surface area contributed by atoms with E-state index in [1.54, 1.807) is 7.05 Å². The van der Waals surface area contributed by atoms with Gasteiger partial charge in [-0.3, -0.25) is 4.79 Å². The second-order valence-corrected chi connectivity index (χ2v) is 3.26. The third-order valence-corrected chi connectivity index (χ3v) is 2.21. The van der Waals surface area contributed by atoms with E-state index < -0.39 is 0 Å². The van der Waals surface area contributed by atoms with E-state index in [1.807, 2.05) is 0 Å². The smallest absolute Gasteiger partial charge is 0.233 e. The van der Waals surface area contributed by atoms with E-state index >= 15 is 0 Å². The van der Waals surface area contributed by atoms with Gasteiger partial charge in [0.15, 0.2) is 0 Å². The molecule has 0 aromatic heterocycles. The zero-order valence-electron chi connectivity index (χ0n) is 9.60. The highest BCUT2D eigenvalue weighted by Crippen LogP contribution is 1.88. The highest BCUT2D eigenvalue weighted by molar-refractivity contribution is 5.77. The first-order valence-electron chi connectivity index (χ1n) is 5.38. The topological polar surface area (TPSA) is 44.4 Å². The molecule has 84 valence electrons. The van der Waals surface area contributed by atoms with Gasteiger partial charge < -0.3 is 15.5 Å². The monoisotopic (exact) mass is 201 g/mol. The molecule has 0 fully saturated rings. The quantitative estimate of drug-likeness (QED) is 0.546. The molecule has 0 radical (unpaired) electrons. The van der Waals surface area contributed by atoms with Crippen LogP contribution in [0.4, 0.5) is 0 Å². The minimum atomic E-state index is 0.0760. The van der Waals surface area contributed by atoms with Gasteiger partial charge in [-0.25, -0.2) is 0 Å². The van der Waals surface area contributed by atoms with Crippen molar-refractivity contribution in [1.29, 1.82) is 0 Å². The lowest BCUT2D eigenvalue weighted by Gasteiger charge is -2.17. The van der Waals surface area contributed by atoms with Gasteiger partial charge in [-0.2, -0.15) is 0 Å². The van der Waals surface area contributed by atoms with Gasteiger partial charge in [0, 0.05) is 6.54 Å². The van der Waals surface area contributed by atoms with E-state index in [1.165, 1.54) is 0 Å². The lowest BCUT2D eigenvalue weighted by Crippen LogP contribution is -2.34. The molecule has 4 nitrogen and oxygen atoms in total. The summed E-state index contributed by atoms with van der Waals surface area (Å²) < 4.78 is 0. The van der Waals surface area contributed by atoms with Crippen LogP contribution in [-0.2, 0) is 4.79 Å². The van der Waals surface area contributed by atoms with Crippen LogP contribution in [0.25, 0.3) is 0 Å². The van der Waals surface area contributed by atoms with E-state index in [2.05, 4.69) is 29.4 Å². The fourth-order valence-corrected chi connectivity index (χ4v) is 1.29. The maximum atomic E-state index is 11.0. The first-order valence-corrected chi connectivity index (χ1v) is 5.38. The summed E-state index contributed by atoms with van der Waals surface area (Å²) in [6.07, 6.45) is 1.02. The average molecular weight is 201 g/mol. The first kappa shape index (κ1) is 13.4. The van der Waals surface area contributed by atoms with Gasteiger partial charge in [-0.1, -0.05) is 13.8 Å². The Labute approximate surface area is 87.0 Å². The Morgan fingerprint density at radius 1 is 1.29 bits per heavy atom. The van der Waals surface area contributed by atoms with Crippen molar-refractivity contribution in [3.8, 4) is 0 Å². The molecule has 0 heterocycles. The number of hydrogen-bond acceptors (Lipinski definition) is 3. The largest absolute Gasteiger partial charge is 0.355 e. The third kappa shape index (κ3) is 6.86. The molecule has 0 saturated heterocycles. The standard InChI is InChI=1S/C10H23N3O/c1-4-13(5-2)8-6-7-12-10(14)9-11-3/h11H,4-9H2,1-3H3,(H,12,14). The fourth-order valence-electron chi connectivity index (χ4n) is 1.29. The van der Waals surface area contributed by atoms with Crippen molar-refractivity contribution >= 4 is 5.91 Å².